The van der Waals surface area contributed by atoms with Crippen LogP contribution in [0.15, 0.2) is 49.1 Å². The molecule has 0 spiro atoms. The molecule has 0 saturated carbocycles. The summed E-state index contributed by atoms with van der Waals surface area (Å²) < 4.78 is 6.74. The second kappa shape index (κ2) is 7.46. The standard InChI is InChI=1S/C18H15ClN4O4/c1-11-7-14(17(27-2)9-13(11)19)21-18(24)12-3-4-15(16(8-12)23(25)26)22-6-5-20-10-22/h3-10H,1-2H3,(H,21,24). The lowest BCUT2D eigenvalue weighted by Gasteiger charge is -2.12. The van der Waals surface area contributed by atoms with Crippen molar-refractivity contribution in [3.05, 3.63) is 75.3 Å². The van der Waals surface area contributed by atoms with E-state index in [1.54, 1.807) is 25.3 Å². The van der Waals surface area contributed by atoms with Gasteiger partial charge in [0, 0.05) is 35.1 Å². The molecule has 0 radical (unpaired) electrons. The highest BCUT2D eigenvalue weighted by Crippen LogP contribution is 2.32. The summed E-state index contributed by atoms with van der Waals surface area (Å²) in [6, 6.07) is 7.50. The highest BCUT2D eigenvalue weighted by atomic mass is 35.5. The molecular weight excluding hydrogens is 372 g/mol. The highest BCUT2D eigenvalue weighted by Gasteiger charge is 2.20. The minimum Gasteiger partial charge on any atom is -0.495 e. The zero-order valence-electron chi connectivity index (χ0n) is 14.5. The van der Waals surface area contributed by atoms with E-state index < -0.39 is 10.8 Å². The number of aryl methyl sites for hydroxylation is 1. The molecule has 1 aromatic heterocycles. The lowest BCUT2D eigenvalue weighted by atomic mass is 10.1. The van der Waals surface area contributed by atoms with Crippen LogP contribution in [0.25, 0.3) is 5.69 Å². The zero-order chi connectivity index (χ0) is 19.6. The van der Waals surface area contributed by atoms with Gasteiger partial charge in [0.2, 0.25) is 0 Å². The number of nitrogens with one attached hydrogen (secondary N) is 1. The van der Waals surface area contributed by atoms with E-state index in [-0.39, 0.29) is 11.3 Å². The molecule has 0 atom stereocenters. The van der Waals surface area contributed by atoms with Crippen LogP contribution in [0.3, 0.4) is 0 Å². The predicted octanol–water partition coefficient (Wildman–Crippen LogP) is 4.00. The number of methoxy groups -OCH3 is 1. The number of nitro benzene ring substituents is 1. The number of nitro groups is 1. The SMILES string of the molecule is COc1cc(Cl)c(C)cc1NC(=O)c1ccc(-n2ccnc2)c([N+](=O)[O-])c1. The maximum Gasteiger partial charge on any atom is 0.294 e. The molecule has 0 aliphatic heterocycles. The third kappa shape index (κ3) is 3.75. The first-order chi connectivity index (χ1) is 12.9. The molecule has 0 fully saturated rings. The van der Waals surface area contributed by atoms with Crippen LogP contribution in [0.2, 0.25) is 5.02 Å². The molecule has 0 bridgehead atoms. The van der Waals surface area contributed by atoms with Crippen molar-refractivity contribution in [2.75, 3.05) is 12.4 Å². The number of aromatic nitrogens is 2. The van der Waals surface area contributed by atoms with Gasteiger partial charge in [-0.25, -0.2) is 4.98 Å². The third-order valence-corrected chi connectivity index (χ3v) is 4.35. The zero-order valence-corrected chi connectivity index (χ0v) is 15.2. The van der Waals surface area contributed by atoms with Gasteiger partial charge in [0.15, 0.2) is 0 Å². The number of anilines is 1. The van der Waals surface area contributed by atoms with Gasteiger partial charge in [-0.05, 0) is 30.7 Å². The first-order valence-electron chi connectivity index (χ1n) is 7.83. The van der Waals surface area contributed by atoms with Crippen LogP contribution >= 0.6 is 11.6 Å². The normalized spacial score (nSPS) is 10.5. The molecule has 0 unspecified atom stereocenters. The first-order valence-corrected chi connectivity index (χ1v) is 8.20. The summed E-state index contributed by atoms with van der Waals surface area (Å²) in [6.45, 7) is 1.79. The van der Waals surface area contributed by atoms with E-state index >= 15 is 0 Å². The van der Waals surface area contributed by atoms with Crippen molar-refractivity contribution in [1.82, 2.24) is 9.55 Å². The molecule has 27 heavy (non-hydrogen) atoms. The third-order valence-electron chi connectivity index (χ3n) is 3.95. The van der Waals surface area contributed by atoms with Crippen LogP contribution in [-0.4, -0.2) is 27.5 Å². The Labute approximate surface area is 159 Å². The van der Waals surface area contributed by atoms with Gasteiger partial charge in [-0.3, -0.25) is 14.9 Å². The second-order valence-electron chi connectivity index (χ2n) is 5.69. The summed E-state index contributed by atoms with van der Waals surface area (Å²) in [7, 11) is 1.46. The largest absolute Gasteiger partial charge is 0.495 e. The summed E-state index contributed by atoms with van der Waals surface area (Å²) in [5, 5.41) is 14.6. The van der Waals surface area contributed by atoms with Gasteiger partial charge in [0.05, 0.1) is 24.0 Å². The second-order valence-corrected chi connectivity index (χ2v) is 6.09. The van der Waals surface area contributed by atoms with E-state index in [1.807, 2.05) is 0 Å². The average Bonchev–Trinajstić information content (AvgIpc) is 3.18. The maximum atomic E-state index is 12.6. The molecule has 8 nitrogen and oxygen atoms in total. The molecule has 2 aromatic carbocycles. The molecule has 1 amide bonds. The number of benzene rings is 2. The van der Waals surface area contributed by atoms with E-state index in [0.29, 0.717) is 22.1 Å². The Hall–Kier alpha value is -3.39. The number of rotatable bonds is 5. The van der Waals surface area contributed by atoms with Crippen LogP contribution in [0.5, 0.6) is 5.75 Å². The number of amides is 1. The van der Waals surface area contributed by atoms with E-state index in [2.05, 4.69) is 10.3 Å². The molecule has 9 heteroatoms. The van der Waals surface area contributed by atoms with Gasteiger partial charge < -0.3 is 14.6 Å². The molecule has 0 saturated heterocycles. The Morgan fingerprint density at radius 2 is 2.11 bits per heavy atom. The van der Waals surface area contributed by atoms with Gasteiger partial charge in [-0.2, -0.15) is 0 Å². The van der Waals surface area contributed by atoms with Crippen molar-refractivity contribution in [3.63, 3.8) is 0 Å². The Balaban J connectivity index is 1.95. The Morgan fingerprint density at radius 3 is 2.74 bits per heavy atom. The minimum atomic E-state index is -0.543. The molecule has 0 aliphatic carbocycles. The summed E-state index contributed by atoms with van der Waals surface area (Å²) >= 11 is 6.06. The number of carbonyl (C=O) groups excluding carboxylic acids is 1. The number of hydrogen-bond donors (Lipinski definition) is 1. The van der Waals surface area contributed by atoms with Crippen molar-refractivity contribution in [3.8, 4) is 11.4 Å². The van der Waals surface area contributed by atoms with Crippen molar-refractivity contribution < 1.29 is 14.5 Å². The van der Waals surface area contributed by atoms with Gasteiger partial charge >= 0.3 is 0 Å². The van der Waals surface area contributed by atoms with Gasteiger partial charge in [-0.15, -0.1) is 0 Å². The van der Waals surface area contributed by atoms with Crippen LogP contribution < -0.4 is 10.1 Å². The smallest absolute Gasteiger partial charge is 0.294 e. The first kappa shape index (κ1) is 18.4. The number of halogens is 1. The van der Waals surface area contributed by atoms with Gasteiger partial charge in [0.25, 0.3) is 11.6 Å². The number of hydrogen-bond acceptors (Lipinski definition) is 5. The molecule has 138 valence electrons. The molecule has 3 aromatic rings. The lowest BCUT2D eigenvalue weighted by Crippen LogP contribution is -2.13. The van der Waals surface area contributed by atoms with Crippen LogP contribution in [-0.2, 0) is 0 Å². The molecule has 3 rings (SSSR count). The van der Waals surface area contributed by atoms with Crippen molar-refractivity contribution in [2.45, 2.75) is 6.92 Å². The molecule has 1 N–H and O–H groups in total. The van der Waals surface area contributed by atoms with Crippen molar-refractivity contribution in [2.24, 2.45) is 0 Å². The van der Waals surface area contributed by atoms with E-state index in [4.69, 9.17) is 16.3 Å². The van der Waals surface area contributed by atoms with E-state index in [9.17, 15) is 14.9 Å². The fraction of sp³-hybridized carbons (Fsp3) is 0.111. The Bertz CT molecular complexity index is 1020. The van der Waals surface area contributed by atoms with Crippen LogP contribution in [0, 0.1) is 17.0 Å². The van der Waals surface area contributed by atoms with Crippen LogP contribution in [0.4, 0.5) is 11.4 Å². The summed E-state index contributed by atoms with van der Waals surface area (Å²) in [5.74, 6) is -0.112. The van der Waals surface area contributed by atoms with Crippen LogP contribution in [0.1, 0.15) is 15.9 Å². The van der Waals surface area contributed by atoms with Gasteiger partial charge in [0.1, 0.15) is 11.4 Å². The lowest BCUT2D eigenvalue weighted by molar-refractivity contribution is -0.384. The number of carbonyl (C=O) groups is 1. The Kier molecular flexibility index (Phi) is 5.09. The summed E-state index contributed by atoms with van der Waals surface area (Å²) in [6.07, 6.45) is 4.55. The number of ether oxygens (including phenoxy) is 1. The summed E-state index contributed by atoms with van der Waals surface area (Å²) in [5.41, 5.74) is 1.43. The molecular formula is C18H15ClN4O4. The number of imidazole rings is 1. The monoisotopic (exact) mass is 386 g/mol. The van der Waals surface area contributed by atoms with E-state index in [0.717, 1.165) is 5.56 Å². The van der Waals surface area contributed by atoms with E-state index in [1.165, 1.54) is 42.4 Å². The van der Waals surface area contributed by atoms with Crippen molar-refractivity contribution in [1.29, 1.82) is 0 Å². The van der Waals surface area contributed by atoms with Gasteiger partial charge in [-0.1, -0.05) is 11.6 Å². The highest BCUT2D eigenvalue weighted by molar-refractivity contribution is 6.31. The number of nitrogens with zero attached hydrogens (tertiary/aromatic N) is 3. The molecule has 0 aliphatic rings. The predicted molar refractivity (Wildman–Crippen MR) is 101 cm³/mol. The molecule has 1 heterocycles. The Morgan fingerprint density at radius 1 is 1.33 bits per heavy atom. The average molecular weight is 387 g/mol. The quantitative estimate of drug-likeness (QED) is 0.527. The maximum absolute atomic E-state index is 12.6. The fourth-order valence-electron chi connectivity index (χ4n) is 2.56. The fourth-order valence-corrected chi connectivity index (χ4v) is 2.71. The summed E-state index contributed by atoms with van der Waals surface area (Å²) in [4.78, 5) is 27.4. The van der Waals surface area contributed by atoms with Crippen molar-refractivity contribution >= 4 is 28.9 Å². The minimum absolute atomic E-state index is 0.139. The topological polar surface area (TPSA) is 99.3 Å².